The largest absolute Gasteiger partial charge is 0.393 e. The first-order chi connectivity index (χ1) is 18.3. The number of carbonyl (C=O) groups is 1. The maximum Gasteiger partial charge on any atom is 0.126 e. The van der Waals surface area contributed by atoms with Crippen LogP contribution in [-0.2, 0) is 4.79 Å². The van der Waals surface area contributed by atoms with Crippen LogP contribution in [0.2, 0.25) is 0 Å². The van der Waals surface area contributed by atoms with E-state index in [1.807, 2.05) is 30.3 Å². The standard InChI is InChI=1S/C36H54O3/c1-32(2)27-15-19-36(6)28(34(27,4)18-16-29(32)38)13-12-26-30-24(14-17-33(30,3)20-21-35(26,36)5)25(22-37)31(39)23-10-8-7-9-11-23/h7-11,22,24-31,38-39H,12-21H2,1-6H3/t24-,25?,26+,27-,28+,29-,30+,31?,33+,34-,35+,36+/m0/s1. The minimum Gasteiger partial charge on any atom is -0.393 e. The van der Waals surface area contributed by atoms with Crippen LogP contribution in [0.4, 0.5) is 0 Å². The highest BCUT2D eigenvalue weighted by molar-refractivity contribution is 5.56. The molecular weight excluding hydrogens is 480 g/mol. The molecule has 5 aliphatic rings. The Morgan fingerprint density at radius 1 is 0.795 bits per heavy atom. The minimum atomic E-state index is -0.721. The third-order valence-corrected chi connectivity index (χ3v) is 15.0. The number of aliphatic hydroxyl groups excluding tert-OH is 2. The first kappa shape index (κ1) is 28.0. The Morgan fingerprint density at radius 2 is 1.51 bits per heavy atom. The Morgan fingerprint density at radius 3 is 2.21 bits per heavy atom. The van der Waals surface area contributed by atoms with Crippen LogP contribution in [0.5, 0.6) is 0 Å². The van der Waals surface area contributed by atoms with Crippen LogP contribution >= 0.6 is 0 Å². The van der Waals surface area contributed by atoms with Gasteiger partial charge in [-0.2, -0.15) is 0 Å². The smallest absolute Gasteiger partial charge is 0.126 e. The van der Waals surface area contributed by atoms with Gasteiger partial charge in [-0.15, -0.1) is 0 Å². The molecule has 39 heavy (non-hydrogen) atoms. The Bertz CT molecular complexity index is 1080. The van der Waals surface area contributed by atoms with Gasteiger partial charge < -0.3 is 15.0 Å². The number of hydrogen-bond donors (Lipinski definition) is 2. The zero-order valence-electron chi connectivity index (χ0n) is 25.5. The summed E-state index contributed by atoms with van der Waals surface area (Å²) in [6.45, 7) is 15.1. The minimum absolute atomic E-state index is 0.0153. The predicted octanol–water partition coefficient (Wildman–Crippen LogP) is 8.00. The van der Waals surface area contributed by atoms with Gasteiger partial charge in [0.2, 0.25) is 0 Å². The molecule has 12 atom stereocenters. The molecule has 3 heteroatoms. The quantitative estimate of drug-likeness (QED) is 0.385. The van der Waals surface area contributed by atoms with Gasteiger partial charge in [0.15, 0.2) is 0 Å². The van der Waals surface area contributed by atoms with E-state index in [1.165, 1.54) is 44.9 Å². The van der Waals surface area contributed by atoms with Crippen molar-refractivity contribution < 1.29 is 15.0 Å². The van der Waals surface area contributed by atoms with E-state index >= 15 is 0 Å². The molecule has 1 aromatic rings. The molecular formula is C36H54O3. The topological polar surface area (TPSA) is 57.5 Å². The molecule has 2 N–H and O–H groups in total. The third kappa shape index (κ3) is 3.70. The summed E-state index contributed by atoms with van der Waals surface area (Å²) in [6, 6.07) is 9.89. The molecule has 0 heterocycles. The molecule has 3 nitrogen and oxygen atoms in total. The van der Waals surface area contributed by atoms with Gasteiger partial charge in [-0.3, -0.25) is 0 Å². The number of aliphatic hydroxyl groups is 2. The third-order valence-electron chi connectivity index (χ3n) is 15.0. The Kier molecular flexibility index (Phi) is 6.56. The number of rotatable bonds is 4. The van der Waals surface area contributed by atoms with Crippen molar-refractivity contribution in [1.82, 2.24) is 0 Å². The molecule has 5 aliphatic carbocycles. The molecule has 5 fully saturated rings. The zero-order chi connectivity index (χ0) is 28.0. The maximum atomic E-state index is 12.7. The van der Waals surface area contributed by atoms with Crippen molar-refractivity contribution in [3.8, 4) is 0 Å². The fourth-order valence-corrected chi connectivity index (χ4v) is 12.7. The molecule has 5 saturated carbocycles. The summed E-state index contributed by atoms with van der Waals surface area (Å²) >= 11 is 0. The zero-order valence-corrected chi connectivity index (χ0v) is 25.5. The van der Waals surface area contributed by atoms with E-state index < -0.39 is 6.10 Å². The van der Waals surface area contributed by atoms with E-state index in [9.17, 15) is 15.0 Å². The van der Waals surface area contributed by atoms with Gasteiger partial charge in [0.1, 0.15) is 6.29 Å². The molecule has 0 aromatic heterocycles. The van der Waals surface area contributed by atoms with Gasteiger partial charge in [0.25, 0.3) is 0 Å². The summed E-state index contributed by atoms with van der Waals surface area (Å²) in [5.41, 5.74) is 1.96. The van der Waals surface area contributed by atoms with Gasteiger partial charge >= 0.3 is 0 Å². The van der Waals surface area contributed by atoms with Crippen LogP contribution in [0.3, 0.4) is 0 Å². The van der Waals surface area contributed by atoms with Crippen LogP contribution in [0, 0.1) is 62.6 Å². The summed E-state index contributed by atoms with van der Waals surface area (Å²) in [6.07, 6.45) is 12.1. The number of fused-ring (bicyclic) bond motifs is 7. The SMILES string of the molecule is CC1(C)[C@@H](O)CC[C@]2(C)[C@H]3CC[C@@H]4[C@H]5[C@H](C(C=O)C(O)c6ccccc6)CC[C@]5(C)CC[C@@]4(C)[C@]3(C)CC[C@@H]12. The van der Waals surface area contributed by atoms with Crippen molar-refractivity contribution in [2.75, 3.05) is 0 Å². The highest BCUT2D eigenvalue weighted by Crippen LogP contribution is 2.77. The molecule has 6 rings (SSSR count). The lowest BCUT2D eigenvalue weighted by atomic mass is 9.32. The summed E-state index contributed by atoms with van der Waals surface area (Å²) < 4.78 is 0. The summed E-state index contributed by atoms with van der Waals surface area (Å²) in [5, 5.41) is 22.5. The lowest BCUT2D eigenvalue weighted by Crippen LogP contribution is -2.66. The number of benzene rings is 1. The van der Waals surface area contributed by atoms with Crippen molar-refractivity contribution >= 4 is 6.29 Å². The highest BCUT2D eigenvalue weighted by Gasteiger charge is 2.70. The van der Waals surface area contributed by atoms with Gasteiger partial charge in [-0.1, -0.05) is 71.9 Å². The van der Waals surface area contributed by atoms with Crippen molar-refractivity contribution in [2.24, 2.45) is 62.6 Å². The number of carbonyl (C=O) groups excluding carboxylic acids is 1. The van der Waals surface area contributed by atoms with Crippen LogP contribution in [0.15, 0.2) is 30.3 Å². The van der Waals surface area contributed by atoms with E-state index in [0.717, 1.165) is 31.1 Å². The first-order valence-electron chi connectivity index (χ1n) is 16.2. The molecule has 0 bridgehead atoms. The van der Waals surface area contributed by atoms with Crippen LogP contribution < -0.4 is 0 Å². The van der Waals surface area contributed by atoms with Gasteiger partial charge in [0.05, 0.1) is 12.2 Å². The van der Waals surface area contributed by atoms with E-state index in [4.69, 9.17) is 0 Å². The monoisotopic (exact) mass is 534 g/mol. The van der Waals surface area contributed by atoms with E-state index in [2.05, 4.69) is 41.5 Å². The highest BCUT2D eigenvalue weighted by atomic mass is 16.3. The van der Waals surface area contributed by atoms with E-state index in [1.54, 1.807) is 0 Å². The molecule has 1 aromatic carbocycles. The second-order valence-electron chi connectivity index (χ2n) is 16.5. The van der Waals surface area contributed by atoms with Crippen LogP contribution in [0.25, 0.3) is 0 Å². The molecule has 0 spiro atoms. The van der Waals surface area contributed by atoms with Gasteiger partial charge in [0, 0.05) is 5.92 Å². The van der Waals surface area contributed by atoms with Gasteiger partial charge in [-0.25, -0.2) is 0 Å². The molecule has 0 aliphatic heterocycles. The fourth-order valence-electron chi connectivity index (χ4n) is 12.7. The second-order valence-corrected chi connectivity index (χ2v) is 16.5. The molecule has 0 saturated heterocycles. The van der Waals surface area contributed by atoms with E-state index in [0.29, 0.717) is 23.7 Å². The Hall–Kier alpha value is -1.19. The van der Waals surface area contributed by atoms with Crippen molar-refractivity contribution in [1.29, 1.82) is 0 Å². The molecule has 0 amide bonds. The molecule has 216 valence electrons. The number of hydrogen-bond acceptors (Lipinski definition) is 3. The summed E-state index contributed by atoms with van der Waals surface area (Å²) in [7, 11) is 0. The number of aldehydes is 1. The average Bonchev–Trinajstić information content (AvgIpc) is 3.25. The van der Waals surface area contributed by atoms with Crippen molar-refractivity contribution in [3.05, 3.63) is 35.9 Å². The summed E-state index contributed by atoms with van der Waals surface area (Å²) in [5.74, 6) is 2.30. The first-order valence-corrected chi connectivity index (χ1v) is 16.2. The summed E-state index contributed by atoms with van der Waals surface area (Å²) in [4.78, 5) is 12.7. The Labute approximate surface area is 237 Å². The molecule has 0 radical (unpaired) electrons. The van der Waals surface area contributed by atoms with Crippen LogP contribution in [0.1, 0.15) is 117 Å². The van der Waals surface area contributed by atoms with Crippen LogP contribution in [-0.4, -0.2) is 22.6 Å². The normalized spacial score (nSPS) is 50.1. The lowest BCUT2D eigenvalue weighted by Gasteiger charge is -2.73. The van der Waals surface area contributed by atoms with Crippen molar-refractivity contribution in [3.63, 3.8) is 0 Å². The lowest BCUT2D eigenvalue weighted by molar-refractivity contribution is -0.248. The predicted molar refractivity (Wildman–Crippen MR) is 157 cm³/mol. The average molecular weight is 535 g/mol. The van der Waals surface area contributed by atoms with Gasteiger partial charge in [-0.05, 0) is 126 Å². The Balaban J connectivity index is 1.35. The fraction of sp³-hybridized carbons (Fsp3) is 0.806. The van der Waals surface area contributed by atoms with Crippen molar-refractivity contribution in [2.45, 2.75) is 118 Å². The maximum absolute atomic E-state index is 12.7. The second kappa shape index (κ2) is 9.15. The molecule has 2 unspecified atom stereocenters. The van der Waals surface area contributed by atoms with E-state index in [-0.39, 0.29) is 45.0 Å².